The van der Waals surface area contributed by atoms with Crippen LogP contribution in [0.4, 0.5) is 0 Å². The van der Waals surface area contributed by atoms with E-state index in [4.69, 9.17) is 14.2 Å². The molecule has 0 saturated carbocycles. The normalized spacial score (nSPS) is 12.4. The van der Waals surface area contributed by atoms with Gasteiger partial charge in [-0.2, -0.15) is 0 Å². The van der Waals surface area contributed by atoms with E-state index >= 15 is 0 Å². The van der Waals surface area contributed by atoms with Crippen LogP contribution in [-0.2, 0) is 28.6 Å². The molecule has 0 aromatic rings. The van der Waals surface area contributed by atoms with Crippen molar-refractivity contribution in [3.05, 3.63) is 24.3 Å². The van der Waals surface area contributed by atoms with Crippen LogP contribution in [0.15, 0.2) is 24.3 Å². The molecule has 0 amide bonds. The third-order valence-electron chi connectivity index (χ3n) is 8.93. The van der Waals surface area contributed by atoms with Crippen molar-refractivity contribution in [1.82, 2.24) is 0 Å². The number of ether oxygens (including phenoxy) is 3. The summed E-state index contributed by atoms with van der Waals surface area (Å²) >= 11 is 0. The predicted octanol–water partition coefficient (Wildman–Crippen LogP) is 12.6. The summed E-state index contributed by atoms with van der Waals surface area (Å²) in [6.07, 6.45) is 35.1. The Bertz CT molecular complexity index is 806. The SMILES string of the molecule is CCCCC/C=C\C/C=C\CCCCCCCCC(CC(C)C)OC(=O)CCCCC(COC(=O)CCCCC)COC(=O)CCCCC. The molecule has 0 heterocycles. The third kappa shape index (κ3) is 34.1. The third-order valence-corrected chi connectivity index (χ3v) is 8.93. The van der Waals surface area contributed by atoms with Gasteiger partial charge < -0.3 is 14.2 Å². The lowest BCUT2D eigenvalue weighted by atomic mass is 9.99. The topological polar surface area (TPSA) is 78.9 Å². The highest BCUT2D eigenvalue weighted by Gasteiger charge is 2.18. The minimum Gasteiger partial charge on any atom is -0.465 e. The van der Waals surface area contributed by atoms with Crippen molar-refractivity contribution in [3.8, 4) is 0 Å². The van der Waals surface area contributed by atoms with Gasteiger partial charge in [0.2, 0.25) is 0 Å². The maximum atomic E-state index is 12.8. The zero-order chi connectivity index (χ0) is 36.2. The Kier molecular flexibility index (Phi) is 34.2. The Balaban J connectivity index is 4.34. The van der Waals surface area contributed by atoms with Crippen LogP contribution in [0.25, 0.3) is 0 Å². The minimum atomic E-state index is -0.188. The maximum absolute atomic E-state index is 12.8. The van der Waals surface area contributed by atoms with Crippen LogP contribution in [0.3, 0.4) is 0 Å². The largest absolute Gasteiger partial charge is 0.465 e. The molecule has 6 heteroatoms. The Hall–Kier alpha value is -2.11. The molecule has 0 aliphatic rings. The number of rotatable bonds is 35. The number of carbonyl (C=O) groups excluding carboxylic acids is 3. The highest BCUT2D eigenvalue weighted by molar-refractivity contribution is 5.70. The van der Waals surface area contributed by atoms with Gasteiger partial charge >= 0.3 is 17.9 Å². The number of carbonyl (C=O) groups is 3. The van der Waals surface area contributed by atoms with Gasteiger partial charge in [0, 0.05) is 25.2 Å². The molecule has 0 bridgehead atoms. The molecule has 0 rings (SSSR count). The predicted molar refractivity (Wildman–Crippen MR) is 205 cm³/mol. The molecule has 0 saturated heterocycles. The monoisotopic (exact) mass is 691 g/mol. The number of hydrogen-bond donors (Lipinski definition) is 0. The van der Waals surface area contributed by atoms with Crippen LogP contribution in [0, 0.1) is 11.8 Å². The molecular formula is C43H78O6. The van der Waals surface area contributed by atoms with Gasteiger partial charge in [-0.1, -0.05) is 130 Å². The highest BCUT2D eigenvalue weighted by atomic mass is 16.5. The Labute approximate surface area is 303 Å². The fraction of sp³-hybridized carbons (Fsp3) is 0.837. The van der Waals surface area contributed by atoms with Gasteiger partial charge in [-0.25, -0.2) is 0 Å². The molecule has 286 valence electrons. The number of esters is 3. The number of hydrogen-bond acceptors (Lipinski definition) is 6. The van der Waals surface area contributed by atoms with Crippen molar-refractivity contribution in [1.29, 1.82) is 0 Å². The van der Waals surface area contributed by atoms with Crippen molar-refractivity contribution in [2.24, 2.45) is 11.8 Å². The lowest BCUT2D eigenvalue weighted by Crippen LogP contribution is -2.22. The van der Waals surface area contributed by atoms with E-state index < -0.39 is 0 Å². The first-order chi connectivity index (χ1) is 23.8. The Morgan fingerprint density at radius 2 is 0.959 bits per heavy atom. The Morgan fingerprint density at radius 3 is 1.51 bits per heavy atom. The highest BCUT2D eigenvalue weighted by Crippen LogP contribution is 2.19. The number of allylic oxidation sites excluding steroid dienone is 4. The molecule has 6 nitrogen and oxygen atoms in total. The second kappa shape index (κ2) is 35.7. The van der Waals surface area contributed by atoms with Gasteiger partial charge in [-0.3, -0.25) is 14.4 Å². The first kappa shape index (κ1) is 46.9. The summed E-state index contributed by atoms with van der Waals surface area (Å²) in [4.78, 5) is 37.1. The van der Waals surface area contributed by atoms with Crippen molar-refractivity contribution in [2.75, 3.05) is 13.2 Å². The molecule has 49 heavy (non-hydrogen) atoms. The molecule has 1 unspecified atom stereocenters. The molecule has 0 aliphatic carbocycles. The van der Waals surface area contributed by atoms with E-state index in [9.17, 15) is 14.4 Å². The maximum Gasteiger partial charge on any atom is 0.306 e. The second-order valence-corrected chi connectivity index (χ2v) is 14.5. The van der Waals surface area contributed by atoms with E-state index in [0.717, 1.165) is 77.0 Å². The fourth-order valence-corrected chi connectivity index (χ4v) is 5.88. The zero-order valence-corrected chi connectivity index (χ0v) is 32.8. The molecule has 0 spiro atoms. The summed E-state index contributed by atoms with van der Waals surface area (Å²) in [6, 6.07) is 0. The Morgan fingerprint density at radius 1 is 0.510 bits per heavy atom. The molecule has 0 radical (unpaired) electrons. The van der Waals surface area contributed by atoms with Gasteiger partial charge in [-0.05, 0) is 83.0 Å². The van der Waals surface area contributed by atoms with Gasteiger partial charge in [0.05, 0.1) is 13.2 Å². The van der Waals surface area contributed by atoms with Crippen LogP contribution in [-0.4, -0.2) is 37.2 Å². The summed E-state index contributed by atoms with van der Waals surface area (Å²) in [5, 5.41) is 0. The smallest absolute Gasteiger partial charge is 0.306 e. The van der Waals surface area contributed by atoms with Crippen LogP contribution >= 0.6 is 0 Å². The minimum absolute atomic E-state index is 0.00896. The average Bonchev–Trinajstić information content (AvgIpc) is 3.07. The van der Waals surface area contributed by atoms with Crippen LogP contribution in [0.5, 0.6) is 0 Å². The fourth-order valence-electron chi connectivity index (χ4n) is 5.88. The number of unbranched alkanes of at least 4 members (excludes halogenated alkanes) is 14. The summed E-state index contributed by atoms with van der Waals surface area (Å²) in [5.74, 6) is -0.0668. The summed E-state index contributed by atoms with van der Waals surface area (Å²) in [6.45, 7) is 11.3. The van der Waals surface area contributed by atoms with E-state index in [0.29, 0.717) is 31.6 Å². The molecule has 1 atom stereocenters. The lowest BCUT2D eigenvalue weighted by molar-refractivity contribution is -0.150. The van der Waals surface area contributed by atoms with Crippen LogP contribution in [0.1, 0.15) is 202 Å². The van der Waals surface area contributed by atoms with Gasteiger partial charge in [0.25, 0.3) is 0 Å². The van der Waals surface area contributed by atoms with Crippen molar-refractivity contribution >= 4 is 17.9 Å². The average molecular weight is 691 g/mol. The summed E-state index contributed by atoms with van der Waals surface area (Å²) in [5.41, 5.74) is 0. The second-order valence-electron chi connectivity index (χ2n) is 14.5. The zero-order valence-electron chi connectivity index (χ0n) is 32.8. The van der Waals surface area contributed by atoms with Crippen molar-refractivity contribution in [2.45, 2.75) is 208 Å². The molecular weight excluding hydrogens is 612 g/mol. The van der Waals surface area contributed by atoms with Crippen LogP contribution in [0.2, 0.25) is 0 Å². The molecule has 0 aromatic carbocycles. The van der Waals surface area contributed by atoms with E-state index in [1.54, 1.807) is 0 Å². The van der Waals surface area contributed by atoms with E-state index in [1.807, 2.05) is 0 Å². The standard InChI is InChI=1S/C43H78O6/c1-6-9-12-13-14-15-16-17-18-19-20-21-22-23-24-27-31-40(35-38(4)5)49-43(46)34-29-28-30-39(36-47-41(44)32-25-10-7-2)37-48-42(45)33-26-11-8-3/h14-15,17-18,38-40H,6-13,16,19-37H2,1-5H3/b15-14-,18-17-. The van der Waals surface area contributed by atoms with E-state index in [-0.39, 0.29) is 43.1 Å². The lowest BCUT2D eigenvalue weighted by Gasteiger charge is -2.20. The summed E-state index contributed by atoms with van der Waals surface area (Å²) in [7, 11) is 0. The van der Waals surface area contributed by atoms with Gasteiger partial charge in [0.1, 0.15) is 6.10 Å². The van der Waals surface area contributed by atoms with Gasteiger partial charge in [0.15, 0.2) is 0 Å². The molecule has 0 aliphatic heterocycles. The summed E-state index contributed by atoms with van der Waals surface area (Å²) < 4.78 is 17.0. The van der Waals surface area contributed by atoms with Crippen molar-refractivity contribution < 1.29 is 28.6 Å². The molecule has 0 fully saturated rings. The quantitative estimate of drug-likeness (QED) is 0.0285. The first-order valence-electron chi connectivity index (χ1n) is 20.6. The molecule has 0 N–H and O–H groups in total. The van der Waals surface area contributed by atoms with Crippen molar-refractivity contribution in [3.63, 3.8) is 0 Å². The molecule has 0 aromatic heterocycles. The van der Waals surface area contributed by atoms with E-state index in [2.05, 4.69) is 58.9 Å². The van der Waals surface area contributed by atoms with Gasteiger partial charge in [-0.15, -0.1) is 0 Å². The van der Waals surface area contributed by atoms with Crippen LogP contribution < -0.4 is 0 Å². The first-order valence-corrected chi connectivity index (χ1v) is 20.6. The van der Waals surface area contributed by atoms with E-state index in [1.165, 1.54) is 64.2 Å².